The Morgan fingerprint density at radius 2 is 1.90 bits per heavy atom. The van der Waals surface area contributed by atoms with Gasteiger partial charge in [-0.15, -0.1) is 0 Å². The van der Waals surface area contributed by atoms with Crippen molar-refractivity contribution in [1.29, 1.82) is 0 Å². The molecule has 0 unspecified atom stereocenters. The first-order chi connectivity index (χ1) is 14.2. The number of rotatable bonds is 8. The van der Waals surface area contributed by atoms with Gasteiger partial charge in [0.2, 0.25) is 21.8 Å². The highest BCUT2D eigenvalue weighted by Gasteiger charge is 2.30. The molecule has 7 nitrogen and oxygen atoms in total. The molecular weight excluding hydrogens is 402 g/mol. The minimum Gasteiger partial charge on any atom is -0.352 e. The summed E-state index contributed by atoms with van der Waals surface area (Å²) in [4.78, 5) is 26.7. The van der Waals surface area contributed by atoms with E-state index in [1.165, 1.54) is 6.07 Å². The van der Waals surface area contributed by atoms with Crippen LogP contribution in [-0.2, 0) is 26.0 Å². The van der Waals surface area contributed by atoms with E-state index in [1.807, 2.05) is 20.8 Å². The van der Waals surface area contributed by atoms with Crippen LogP contribution >= 0.6 is 0 Å². The molecule has 30 heavy (non-hydrogen) atoms. The summed E-state index contributed by atoms with van der Waals surface area (Å²) >= 11 is 0. The fourth-order valence-corrected chi connectivity index (χ4v) is 5.56. The maximum absolute atomic E-state index is 13.1. The second kappa shape index (κ2) is 9.47. The van der Waals surface area contributed by atoms with Crippen molar-refractivity contribution in [3.05, 3.63) is 23.8 Å². The maximum Gasteiger partial charge on any atom is 0.241 e. The molecule has 2 amide bonds. The highest BCUT2D eigenvalue weighted by atomic mass is 32.2. The molecule has 1 atom stereocenters. The second-order valence-electron chi connectivity index (χ2n) is 8.73. The van der Waals surface area contributed by atoms with Gasteiger partial charge in [-0.25, -0.2) is 8.42 Å². The normalized spacial score (nSPS) is 17.9. The Morgan fingerprint density at radius 3 is 2.53 bits per heavy atom. The molecule has 2 aliphatic rings. The number of amides is 2. The minimum absolute atomic E-state index is 0.0306. The van der Waals surface area contributed by atoms with Crippen LogP contribution in [0.1, 0.15) is 64.9 Å². The third-order valence-corrected chi connectivity index (χ3v) is 7.35. The fourth-order valence-electron chi connectivity index (χ4n) is 4.30. The zero-order valence-corrected chi connectivity index (χ0v) is 18.9. The summed E-state index contributed by atoms with van der Waals surface area (Å²) in [6.07, 6.45) is 5.56. The number of fused-ring (bicyclic) bond motifs is 1. The zero-order valence-electron chi connectivity index (χ0n) is 18.1. The summed E-state index contributed by atoms with van der Waals surface area (Å²) in [5, 5.41) is 3.01. The van der Waals surface area contributed by atoms with Crippen LogP contribution in [0.2, 0.25) is 0 Å². The molecule has 166 valence electrons. The van der Waals surface area contributed by atoms with E-state index >= 15 is 0 Å². The standard InChI is InChI=1S/C22H33N3O4S/c1-4-21(26)25-12-11-16-14-18(9-10-20(16)25)30(28,29)24-19(13-15(2)3)22(27)23-17-7-5-6-8-17/h9-10,14-15,17,19,24H,4-8,11-13H2,1-3H3,(H,23,27)/t19-/m0/s1. The highest BCUT2D eigenvalue weighted by Crippen LogP contribution is 2.31. The molecule has 1 aromatic rings. The molecule has 1 aliphatic heterocycles. The lowest BCUT2D eigenvalue weighted by molar-refractivity contribution is -0.123. The van der Waals surface area contributed by atoms with Gasteiger partial charge in [-0.1, -0.05) is 33.6 Å². The molecule has 1 fully saturated rings. The van der Waals surface area contributed by atoms with Gasteiger partial charge in [0, 0.05) is 24.7 Å². The van der Waals surface area contributed by atoms with Gasteiger partial charge in [-0.2, -0.15) is 4.72 Å². The van der Waals surface area contributed by atoms with E-state index in [-0.39, 0.29) is 28.7 Å². The molecule has 0 saturated heterocycles. The predicted octanol–water partition coefficient (Wildman–Crippen LogP) is 2.74. The van der Waals surface area contributed by atoms with Crippen molar-refractivity contribution in [3.63, 3.8) is 0 Å². The van der Waals surface area contributed by atoms with Crippen LogP contribution in [0.4, 0.5) is 5.69 Å². The fraction of sp³-hybridized carbons (Fsp3) is 0.636. The van der Waals surface area contributed by atoms with E-state index in [0.717, 1.165) is 36.9 Å². The Kier molecular flexibility index (Phi) is 7.18. The Labute approximate surface area is 179 Å². The molecule has 1 aromatic carbocycles. The summed E-state index contributed by atoms with van der Waals surface area (Å²) in [6.45, 7) is 6.32. The third kappa shape index (κ3) is 5.21. The van der Waals surface area contributed by atoms with Gasteiger partial charge in [-0.05, 0) is 55.4 Å². The first-order valence-electron chi connectivity index (χ1n) is 11.0. The van der Waals surface area contributed by atoms with E-state index in [4.69, 9.17) is 0 Å². The minimum atomic E-state index is -3.86. The monoisotopic (exact) mass is 435 g/mol. The van der Waals surface area contributed by atoms with Crippen LogP contribution in [0, 0.1) is 5.92 Å². The molecule has 1 saturated carbocycles. The molecule has 0 radical (unpaired) electrons. The van der Waals surface area contributed by atoms with Gasteiger partial charge >= 0.3 is 0 Å². The van der Waals surface area contributed by atoms with Crippen LogP contribution in [-0.4, -0.2) is 38.9 Å². The predicted molar refractivity (Wildman–Crippen MR) is 117 cm³/mol. The number of nitrogens with zero attached hydrogens (tertiary/aromatic N) is 1. The Hall–Kier alpha value is -1.93. The largest absolute Gasteiger partial charge is 0.352 e. The average molecular weight is 436 g/mol. The average Bonchev–Trinajstić information content (AvgIpc) is 3.35. The second-order valence-corrected chi connectivity index (χ2v) is 10.4. The molecule has 0 bridgehead atoms. The van der Waals surface area contributed by atoms with Gasteiger partial charge in [0.15, 0.2) is 0 Å². The Morgan fingerprint density at radius 1 is 1.20 bits per heavy atom. The number of hydrogen-bond acceptors (Lipinski definition) is 4. The number of carbonyl (C=O) groups is 2. The number of anilines is 1. The molecule has 8 heteroatoms. The first kappa shape index (κ1) is 22.7. The quantitative estimate of drug-likeness (QED) is 0.656. The van der Waals surface area contributed by atoms with Crippen LogP contribution in [0.25, 0.3) is 0 Å². The lowest BCUT2D eigenvalue weighted by Crippen LogP contribution is -2.49. The number of hydrogen-bond donors (Lipinski definition) is 2. The summed E-state index contributed by atoms with van der Waals surface area (Å²) < 4.78 is 28.8. The highest BCUT2D eigenvalue weighted by molar-refractivity contribution is 7.89. The van der Waals surface area contributed by atoms with Gasteiger partial charge in [0.25, 0.3) is 0 Å². The summed E-state index contributed by atoms with van der Waals surface area (Å²) in [5.74, 6) is -0.0521. The number of nitrogens with one attached hydrogen (secondary N) is 2. The molecule has 1 aliphatic carbocycles. The van der Waals surface area contributed by atoms with E-state index in [2.05, 4.69) is 10.0 Å². The SMILES string of the molecule is CCC(=O)N1CCc2cc(S(=O)(=O)N[C@@H](CC(C)C)C(=O)NC3CCCC3)ccc21. The van der Waals surface area contributed by atoms with Gasteiger partial charge in [0.05, 0.1) is 4.90 Å². The van der Waals surface area contributed by atoms with Crippen LogP contribution in [0.3, 0.4) is 0 Å². The van der Waals surface area contributed by atoms with Crippen molar-refractivity contribution < 1.29 is 18.0 Å². The molecule has 2 N–H and O–H groups in total. The van der Waals surface area contributed by atoms with Crippen molar-refractivity contribution in [2.45, 2.75) is 82.7 Å². The van der Waals surface area contributed by atoms with E-state index in [9.17, 15) is 18.0 Å². The first-order valence-corrected chi connectivity index (χ1v) is 12.5. The van der Waals surface area contributed by atoms with E-state index < -0.39 is 16.1 Å². The topological polar surface area (TPSA) is 95.6 Å². The number of carbonyl (C=O) groups excluding carboxylic acids is 2. The smallest absolute Gasteiger partial charge is 0.241 e. The van der Waals surface area contributed by atoms with Crippen LogP contribution in [0.5, 0.6) is 0 Å². The Bertz CT molecular complexity index is 892. The van der Waals surface area contributed by atoms with Gasteiger partial charge < -0.3 is 10.2 Å². The zero-order chi connectivity index (χ0) is 21.9. The lowest BCUT2D eigenvalue weighted by Gasteiger charge is -2.22. The number of benzene rings is 1. The molecule has 3 rings (SSSR count). The third-order valence-electron chi connectivity index (χ3n) is 5.88. The summed E-state index contributed by atoms with van der Waals surface area (Å²) in [5.41, 5.74) is 1.62. The van der Waals surface area contributed by atoms with Crippen molar-refractivity contribution in [2.24, 2.45) is 5.92 Å². The van der Waals surface area contributed by atoms with Crippen molar-refractivity contribution in [2.75, 3.05) is 11.4 Å². The molecule has 0 spiro atoms. The van der Waals surface area contributed by atoms with Crippen LogP contribution in [0.15, 0.2) is 23.1 Å². The molecule has 0 aromatic heterocycles. The Balaban J connectivity index is 1.77. The van der Waals surface area contributed by atoms with Gasteiger partial charge in [-0.3, -0.25) is 9.59 Å². The van der Waals surface area contributed by atoms with Crippen molar-refractivity contribution in [1.82, 2.24) is 10.0 Å². The van der Waals surface area contributed by atoms with Gasteiger partial charge in [0.1, 0.15) is 6.04 Å². The molecular formula is C22H33N3O4S. The van der Waals surface area contributed by atoms with E-state index in [0.29, 0.717) is 25.8 Å². The lowest BCUT2D eigenvalue weighted by atomic mass is 10.0. The summed E-state index contributed by atoms with van der Waals surface area (Å²) in [7, 11) is -3.86. The maximum atomic E-state index is 13.1. The number of sulfonamides is 1. The van der Waals surface area contributed by atoms with E-state index in [1.54, 1.807) is 17.0 Å². The molecule has 1 heterocycles. The van der Waals surface area contributed by atoms with Crippen molar-refractivity contribution in [3.8, 4) is 0 Å². The van der Waals surface area contributed by atoms with Crippen LogP contribution < -0.4 is 14.9 Å². The van der Waals surface area contributed by atoms with Crippen molar-refractivity contribution >= 4 is 27.5 Å². The summed E-state index contributed by atoms with van der Waals surface area (Å²) in [6, 6.07) is 4.17.